The van der Waals surface area contributed by atoms with Crippen molar-refractivity contribution in [2.75, 3.05) is 5.32 Å². The van der Waals surface area contributed by atoms with Crippen molar-refractivity contribution in [3.63, 3.8) is 0 Å². The van der Waals surface area contributed by atoms with Crippen LogP contribution in [0, 0.1) is 13.8 Å². The van der Waals surface area contributed by atoms with Crippen LogP contribution in [0.2, 0.25) is 0 Å². The van der Waals surface area contributed by atoms with Crippen LogP contribution in [0.25, 0.3) is 5.65 Å². The molecule has 2 aromatic carbocycles. The predicted octanol–water partition coefficient (Wildman–Crippen LogP) is 3.70. The van der Waals surface area contributed by atoms with Crippen LogP contribution >= 0.6 is 15.9 Å². The minimum atomic E-state index is -0.459. The number of ether oxygens (including phenoxy) is 1. The molecule has 4 aromatic rings. The Morgan fingerprint density at radius 3 is 2.60 bits per heavy atom. The van der Waals surface area contributed by atoms with Gasteiger partial charge in [0.2, 0.25) is 11.6 Å². The number of aromatic nitrogens is 4. The first-order chi connectivity index (χ1) is 14.4. The van der Waals surface area contributed by atoms with Crippen LogP contribution in [0.5, 0.6) is 11.6 Å². The summed E-state index contributed by atoms with van der Waals surface area (Å²) in [5.41, 5.74) is 2.55. The molecule has 0 atom stereocenters. The summed E-state index contributed by atoms with van der Waals surface area (Å²) in [6.45, 7) is 3.69. The number of benzene rings is 2. The summed E-state index contributed by atoms with van der Waals surface area (Å²) in [5, 5.41) is 7.03. The van der Waals surface area contributed by atoms with Gasteiger partial charge in [-0.05, 0) is 59.6 Å². The number of halogens is 1. The Labute approximate surface area is 180 Å². The summed E-state index contributed by atoms with van der Waals surface area (Å²) in [7, 11) is 0. The number of hydrogen-bond acceptors (Lipinski definition) is 5. The molecule has 1 N–H and O–H groups in total. The maximum absolute atomic E-state index is 12.7. The largest absolute Gasteiger partial charge is 0.436 e. The Balaban J connectivity index is 1.59. The molecule has 152 valence electrons. The van der Waals surface area contributed by atoms with Gasteiger partial charge < -0.3 is 10.1 Å². The number of nitrogens with one attached hydrogen (secondary N) is 1. The lowest BCUT2D eigenvalue weighted by Crippen LogP contribution is -2.28. The fraction of sp³-hybridized carbons (Fsp3) is 0.143. The molecule has 0 unspecified atom stereocenters. The summed E-state index contributed by atoms with van der Waals surface area (Å²) in [5.74, 6) is 0.378. The van der Waals surface area contributed by atoms with Gasteiger partial charge in [0.15, 0.2) is 0 Å². The van der Waals surface area contributed by atoms with Crippen LogP contribution < -0.4 is 15.7 Å². The fourth-order valence-electron chi connectivity index (χ4n) is 2.87. The van der Waals surface area contributed by atoms with Gasteiger partial charge in [-0.15, -0.1) is 5.10 Å². The Morgan fingerprint density at radius 1 is 1.13 bits per heavy atom. The molecule has 30 heavy (non-hydrogen) atoms. The van der Waals surface area contributed by atoms with E-state index in [1.807, 2.05) is 50.2 Å². The van der Waals surface area contributed by atoms with E-state index in [2.05, 4.69) is 31.3 Å². The number of hydrogen-bond donors (Lipinski definition) is 1. The standard InChI is InChI=1S/C21H18BrN5O3/c1-13-3-6-15(7-4-13)30-20-19-25-27(21(29)26(19)10-9-23-20)12-18(28)24-17-8-5-14(2)11-16(17)22/h3-11H,12H2,1-2H3,(H,24,28). The van der Waals surface area contributed by atoms with E-state index in [1.54, 1.807) is 6.07 Å². The molecule has 0 bridgehead atoms. The first kappa shape index (κ1) is 19.8. The molecule has 8 nitrogen and oxygen atoms in total. The van der Waals surface area contributed by atoms with Crippen molar-refractivity contribution in [3.8, 4) is 11.6 Å². The maximum Gasteiger partial charge on any atom is 0.351 e. The Bertz CT molecular complexity index is 1290. The molecule has 0 aliphatic carbocycles. The summed E-state index contributed by atoms with van der Waals surface area (Å²) in [6, 6.07) is 13.0. The van der Waals surface area contributed by atoms with Crippen LogP contribution in [0.3, 0.4) is 0 Å². The van der Waals surface area contributed by atoms with Crippen molar-refractivity contribution in [1.82, 2.24) is 19.2 Å². The highest BCUT2D eigenvalue weighted by atomic mass is 79.9. The number of carbonyl (C=O) groups excluding carboxylic acids is 1. The van der Waals surface area contributed by atoms with Gasteiger partial charge in [0.25, 0.3) is 5.88 Å². The fourth-order valence-corrected chi connectivity index (χ4v) is 3.46. The Morgan fingerprint density at radius 2 is 1.87 bits per heavy atom. The van der Waals surface area contributed by atoms with Crippen LogP contribution in [-0.4, -0.2) is 25.1 Å². The van der Waals surface area contributed by atoms with Gasteiger partial charge in [0.05, 0.1) is 5.69 Å². The molecular formula is C21H18BrN5O3. The molecule has 0 saturated heterocycles. The minimum Gasteiger partial charge on any atom is -0.436 e. The van der Waals surface area contributed by atoms with Crippen molar-refractivity contribution >= 4 is 33.2 Å². The first-order valence-corrected chi connectivity index (χ1v) is 9.95. The van der Waals surface area contributed by atoms with Gasteiger partial charge in [-0.25, -0.2) is 18.9 Å². The average Bonchev–Trinajstić information content (AvgIpc) is 3.02. The normalized spacial score (nSPS) is 10.9. The monoisotopic (exact) mass is 467 g/mol. The number of rotatable bonds is 5. The summed E-state index contributed by atoms with van der Waals surface area (Å²) in [6.07, 6.45) is 2.94. The van der Waals surface area contributed by atoms with Crippen LogP contribution in [0.15, 0.2) is 64.1 Å². The first-order valence-electron chi connectivity index (χ1n) is 9.15. The molecule has 0 fully saturated rings. The summed E-state index contributed by atoms with van der Waals surface area (Å²) >= 11 is 3.42. The van der Waals surface area contributed by atoms with Crippen LogP contribution in [0.1, 0.15) is 11.1 Å². The highest BCUT2D eigenvalue weighted by Gasteiger charge is 2.16. The van der Waals surface area contributed by atoms with Crippen LogP contribution in [-0.2, 0) is 11.3 Å². The van der Waals surface area contributed by atoms with Crippen molar-refractivity contribution in [2.45, 2.75) is 20.4 Å². The molecule has 0 spiro atoms. The quantitative estimate of drug-likeness (QED) is 0.483. The van der Waals surface area contributed by atoms with E-state index in [0.717, 1.165) is 20.3 Å². The van der Waals surface area contributed by atoms with Gasteiger partial charge >= 0.3 is 5.69 Å². The number of fused-ring (bicyclic) bond motifs is 1. The van der Waals surface area contributed by atoms with E-state index in [1.165, 1.54) is 16.8 Å². The Hall–Kier alpha value is -3.46. The predicted molar refractivity (Wildman–Crippen MR) is 116 cm³/mol. The zero-order valence-electron chi connectivity index (χ0n) is 16.3. The van der Waals surface area contributed by atoms with E-state index >= 15 is 0 Å². The molecule has 0 radical (unpaired) electrons. The van der Waals surface area contributed by atoms with Crippen molar-refractivity contribution in [2.24, 2.45) is 0 Å². The third-order valence-corrected chi connectivity index (χ3v) is 5.05. The Kier molecular flexibility index (Phi) is 5.37. The number of aryl methyl sites for hydroxylation is 2. The maximum atomic E-state index is 12.7. The van der Waals surface area contributed by atoms with E-state index < -0.39 is 5.69 Å². The number of anilines is 1. The molecule has 9 heteroatoms. The van der Waals surface area contributed by atoms with Crippen molar-refractivity contribution in [3.05, 3.63) is 80.9 Å². The van der Waals surface area contributed by atoms with E-state index in [0.29, 0.717) is 11.4 Å². The van der Waals surface area contributed by atoms with E-state index in [-0.39, 0.29) is 24.0 Å². The van der Waals surface area contributed by atoms with Gasteiger partial charge in [-0.3, -0.25) is 4.79 Å². The van der Waals surface area contributed by atoms with Gasteiger partial charge in [-0.1, -0.05) is 23.8 Å². The van der Waals surface area contributed by atoms with Gasteiger partial charge in [-0.2, -0.15) is 0 Å². The van der Waals surface area contributed by atoms with Crippen molar-refractivity contribution < 1.29 is 9.53 Å². The molecule has 2 heterocycles. The topological polar surface area (TPSA) is 90.5 Å². The third-order valence-electron chi connectivity index (χ3n) is 4.40. The molecular weight excluding hydrogens is 450 g/mol. The number of nitrogens with zero attached hydrogens (tertiary/aromatic N) is 4. The smallest absolute Gasteiger partial charge is 0.351 e. The summed E-state index contributed by atoms with van der Waals surface area (Å²) in [4.78, 5) is 29.3. The molecule has 2 aromatic heterocycles. The van der Waals surface area contributed by atoms with Crippen LogP contribution in [0.4, 0.5) is 5.69 Å². The third kappa shape index (κ3) is 4.11. The summed E-state index contributed by atoms with van der Waals surface area (Å²) < 4.78 is 8.93. The lowest BCUT2D eigenvalue weighted by Gasteiger charge is -2.07. The molecule has 0 aliphatic heterocycles. The minimum absolute atomic E-state index is 0.180. The molecule has 1 amide bonds. The zero-order chi connectivity index (χ0) is 21.3. The second-order valence-electron chi connectivity index (χ2n) is 6.81. The second kappa shape index (κ2) is 8.11. The second-order valence-corrected chi connectivity index (χ2v) is 7.67. The number of amides is 1. The molecule has 4 rings (SSSR count). The van der Waals surface area contributed by atoms with E-state index in [4.69, 9.17) is 4.74 Å². The number of carbonyl (C=O) groups is 1. The zero-order valence-corrected chi connectivity index (χ0v) is 17.9. The molecule has 0 aliphatic rings. The lowest BCUT2D eigenvalue weighted by atomic mass is 10.2. The lowest BCUT2D eigenvalue weighted by molar-refractivity contribution is -0.117. The highest BCUT2D eigenvalue weighted by molar-refractivity contribution is 9.10. The molecule has 0 saturated carbocycles. The van der Waals surface area contributed by atoms with Gasteiger partial charge in [0, 0.05) is 16.9 Å². The highest BCUT2D eigenvalue weighted by Crippen LogP contribution is 2.24. The van der Waals surface area contributed by atoms with Gasteiger partial charge in [0.1, 0.15) is 12.3 Å². The van der Waals surface area contributed by atoms with Crippen molar-refractivity contribution in [1.29, 1.82) is 0 Å². The SMILES string of the molecule is Cc1ccc(Oc2nccn3c(=O)n(CC(=O)Nc4ccc(C)cc4Br)nc23)cc1. The average molecular weight is 468 g/mol. The van der Waals surface area contributed by atoms with E-state index in [9.17, 15) is 9.59 Å².